The quantitative estimate of drug-likeness (QED) is 0.429. The number of likely N-dealkylation sites (tertiary alicyclic amines) is 1. The molecule has 1 saturated heterocycles. The van der Waals surface area contributed by atoms with Gasteiger partial charge in [-0.3, -0.25) is 9.59 Å². The molecule has 0 aliphatic carbocycles. The standard InChI is InChI=1S/C26H29Cl2NO5/c1-3-34-16-21(11-12-30)29-24(17-7-9-19(27)10-8-17)22(18-5-4-6-20(28)13-18)14-26(2,25(29)33)15-23(31)32/h4-10,12-13,21-22,24H,3,11,14-16H2,1-2H3,(H,31,32). The van der Waals surface area contributed by atoms with E-state index in [1.54, 1.807) is 30.0 Å². The summed E-state index contributed by atoms with van der Waals surface area (Å²) in [6.07, 6.45) is 0.828. The number of carboxylic acid groups (broad SMARTS) is 1. The van der Waals surface area contributed by atoms with Crippen LogP contribution in [-0.4, -0.2) is 47.4 Å². The van der Waals surface area contributed by atoms with Gasteiger partial charge in [0.15, 0.2) is 0 Å². The molecule has 2 aromatic rings. The third-order valence-electron chi connectivity index (χ3n) is 6.41. The number of carboxylic acids is 1. The fourth-order valence-corrected chi connectivity index (χ4v) is 5.23. The van der Waals surface area contributed by atoms with Gasteiger partial charge in [-0.15, -0.1) is 0 Å². The zero-order chi connectivity index (χ0) is 24.9. The van der Waals surface area contributed by atoms with Crippen LogP contribution in [0.25, 0.3) is 0 Å². The first kappa shape index (κ1) is 26.2. The van der Waals surface area contributed by atoms with Crippen LogP contribution in [0.1, 0.15) is 56.2 Å². The van der Waals surface area contributed by atoms with Gasteiger partial charge in [-0.2, -0.15) is 0 Å². The molecule has 8 heteroatoms. The van der Waals surface area contributed by atoms with E-state index in [9.17, 15) is 19.5 Å². The Morgan fingerprint density at radius 3 is 2.50 bits per heavy atom. The van der Waals surface area contributed by atoms with Gasteiger partial charge in [-0.05, 0) is 48.7 Å². The van der Waals surface area contributed by atoms with E-state index >= 15 is 0 Å². The monoisotopic (exact) mass is 505 g/mol. The Kier molecular flexibility index (Phi) is 8.74. The molecule has 0 aromatic heterocycles. The SMILES string of the molecule is CCOCC(CC=O)N1C(=O)C(C)(CC(=O)O)CC(c2cccc(Cl)c2)C1c1ccc(Cl)cc1. The summed E-state index contributed by atoms with van der Waals surface area (Å²) in [5, 5.41) is 10.8. The molecule has 2 aromatic carbocycles. The van der Waals surface area contributed by atoms with Crippen molar-refractivity contribution in [2.24, 2.45) is 5.41 Å². The molecule has 0 saturated carbocycles. The second kappa shape index (κ2) is 11.3. The van der Waals surface area contributed by atoms with Crippen LogP contribution in [0.15, 0.2) is 48.5 Å². The van der Waals surface area contributed by atoms with Gasteiger partial charge >= 0.3 is 5.97 Å². The van der Waals surface area contributed by atoms with Crippen LogP contribution < -0.4 is 0 Å². The molecule has 0 radical (unpaired) electrons. The van der Waals surface area contributed by atoms with E-state index in [0.29, 0.717) is 23.1 Å². The summed E-state index contributed by atoms with van der Waals surface area (Å²) in [7, 11) is 0. The lowest BCUT2D eigenvalue weighted by atomic mass is 9.67. The van der Waals surface area contributed by atoms with Gasteiger partial charge in [0.25, 0.3) is 0 Å². The third kappa shape index (κ3) is 5.80. The Morgan fingerprint density at radius 1 is 1.21 bits per heavy atom. The molecule has 1 heterocycles. The topological polar surface area (TPSA) is 83.9 Å². The molecule has 4 atom stereocenters. The number of ether oxygens (including phenoxy) is 1. The van der Waals surface area contributed by atoms with Crippen LogP contribution in [0.3, 0.4) is 0 Å². The number of hydrogen-bond donors (Lipinski definition) is 1. The van der Waals surface area contributed by atoms with Crippen molar-refractivity contribution in [1.29, 1.82) is 0 Å². The second-order valence-corrected chi connectivity index (χ2v) is 9.79. The molecule has 34 heavy (non-hydrogen) atoms. The van der Waals surface area contributed by atoms with E-state index < -0.39 is 23.5 Å². The predicted octanol–water partition coefficient (Wildman–Crippen LogP) is 5.53. The van der Waals surface area contributed by atoms with Gasteiger partial charge in [-0.1, -0.05) is 54.4 Å². The first-order valence-electron chi connectivity index (χ1n) is 11.3. The summed E-state index contributed by atoms with van der Waals surface area (Å²) in [4.78, 5) is 39.1. The maximum Gasteiger partial charge on any atom is 0.304 e. The molecule has 1 aliphatic heterocycles. The summed E-state index contributed by atoms with van der Waals surface area (Å²) in [6.45, 7) is 4.12. The van der Waals surface area contributed by atoms with Crippen molar-refractivity contribution in [2.45, 2.75) is 51.1 Å². The fourth-order valence-electron chi connectivity index (χ4n) is 4.91. The number of benzene rings is 2. The molecule has 0 spiro atoms. The maximum atomic E-state index is 14.0. The highest BCUT2D eigenvalue weighted by Crippen LogP contribution is 2.52. The summed E-state index contributed by atoms with van der Waals surface area (Å²) >= 11 is 12.5. The Balaban J connectivity index is 2.23. The van der Waals surface area contributed by atoms with Crippen molar-refractivity contribution in [3.8, 4) is 0 Å². The van der Waals surface area contributed by atoms with Crippen molar-refractivity contribution in [3.05, 3.63) is 69.7 Å². The Labute approximate surface area is 209 Å². The van der Waals surface area contributed by atoms with Crippen LogP contribution >= 0.6 is 23.2 Å². The zero-order valence-electron chi connectivity index (χ0n) is 19.2. The molecule has 1 N–H and O–H groups in total. The molecule has 1 amide bonds. The Morgan fingerprint density at radius 2 is 1.91 bits per heavy atom. The largest absolute Gasteiger partial charge is 0.481 e. The minimum atomic E-state index is -1.17. The average Bonchev–Trinajstić information content (AvgIpc) is 2.78. The van der Waals surface area contributed by atoms with Crippen molar-refractivity contribution in [3.63, 3.8) is 0 Å². The van der Waals surface area contributed by atoms with Crippen molar-refractivity contribution in [1.82, 2.24) is 4.90 Å². The molecule has 1 fully saturated rings. The van der Waals surface area contributed by atoms with E-state index in [1.807, 2.05) is 37.3 Å². The molecular formula is C26H29Cl2NO5. The first-order valence-corrected chi connectivity index (χ1v) is 12.0. The minimum absolute atomic E-state index is 0.0707. The first-order chi connectivity index (χ1) is 16.2. The zero-order valence-corrected chi connectivity index (χ0v) is 20.8. The van der Waals surface area contributed by atoms with Crippen LogP contribution in [0.5, 0.6) is 0 Å². The van der Waals surface area contributed by atoms with Crippen molar-refractivity contribution >= 4 is 41.4 Å². The number of nitrogens with zero attached hydrogens (tertiary/aromatic N) is 1. The van der Waals surface area contributed by atoms with Gasteiger partial charge in [0.1, 0.15) is 6.29 Å². The van der Waals surface area contributed by atoms with Crippen LogP contribution in [0.2, 0.25) is 10.0 Å². The van der Waals surface area contributed by atoms with E-state index in [4.69, 9.17) is 27.9 Å². The van der Waals surface area contributed by atoms with Gasteiger partial charge < -0.3 is 19.5 Å². The predicted molar refractivity (Wildman–Crippen MR) is 131 cm³/mol. The lowest BCUT2D eigenvalue weighted by Crippen LogP contribution is -2.57. The normalized spacial score (nSPS) is 23.5. The Bertz CT molecular complexity index is 1030. The van der Waals surface area contributed by atoms with Crippen LogP contribution in [0.4, 0.5) is 0 Å². The van der Waals surface area contributed by atoms with Gasteiger partial charge in [-0.25, -0.2) is 0 Å². The van der Waals surface area contributed by atoms with Crippen LogP contribution in [-0.2, 0) is 19.1 Å². The number of carbonyl (C=O) groups is 3. The average molecular weight is 506 g/mol. The van der Waals surface area contributed by atoms with Gasteiger partial charge in [0.2, 0.25) is 5.91 Å². The highest BCUT2D eigenvalue weighted by molar-refractivity contribution is 6.30. The number of halogens is 2. The van der Waals surface area contributed by atoms with E-state index in [1.165, 1.54) is 0 Å². The van der Waals surface area contributed by atoms with E-state index in [0.717, 1.165) is 17.4 Å². The van der Waals surface area contributed by atoms with Gasteiger partial charge in [0.05, 0.1) is 30.5 Å². The molecule has 4 unspecified atom stereocenters. The van der Waals surface area contributed by atoms with E-state index in [2.05, 4.69) is 0 Å². The third-order valence-corrected chi connectivity index (χ3v) is 6.89. The lowest BCUT2D eigenvalue weighted by molar-refractivity contribution is -0.162. The Hall–Kier alpha value is -2.41. The minimum Gasteiger partial charge on any atom is -0.481 e. The molecule has 3 rings (SSSR count). The van der Waals surface area contributed by atoms with Crippen molar-refractivity contribution in [2.75, 3.05) is 13.2 Å². The molecule has 6 nitrogen and oxygen atoms in total. The highest BCUT2D eigenvalue weighted by Gasteiger charge is 2.52. The molecule has 1 aliphatic rings. The van der Waals surface area contributed by atoms with E-state index in [-0.39, 0.29) is 31.3 Å². The number of piperidine rings is 1. The highest BCUT2D eigenvalue weighted by atomic mass is 35.5. The number of aliphatic carboxylic acids is 1. The number of amides is 1. The smallest absolute Gasteiger partial charge is 0.304 e. The number of aldehydes is 1. The summed E-state index contributed by atoms with van der Waals surface area (Å²) in [5.74, 6) is -1.63. The molecule has 182 valence electrons. The summed E-state index contributed by atoms with van der Waals surface area (Å²) < 4.78 is 5.65. The second-order valence-electron chi connectivity index (χ2n) is 8.92. The lowest BCUT2D eigenvalue weighted by Gasteiger charge is -2.51. The van der Waals surface area contributed by atoms with Crippen LogP contribution in [0, 0.1) is 5.41 Å². The summed E-state index contributed by atoms with van der Waals surface area (Å²) in [6, 6.07) is 13.6. The van der Waals surface area contributed by atoms with Crippen molar-refractivity contribution < 1.29 is 24.2 Å². The number of carbonyl (C=O) groups excluding carboxylic acids is 2. The number of hydrogen-bond acceptors (Lipinski definition) is 4. The van der Waals surface area contributed by atoms with Gasteiger partial charge in [0, 0.05) is 29.0 Å². The summed E-state index contributed by atoms with van der Waals surface area (Å²) in [5.41, 5.74) is 0.560. The number of rotatable bonds is 10. The molecule has 0 bridgehead atoms. The maximum absolute atomic E-state index is 14.0. The fraction of sp³-hybridized carbons (Fsp3) is 0.423. The molecular weight excluding hydrogens is 477 g/mol.